The zero-order valence-corrected chi connectivity index (χ0v) is 16.9. The second kappa shape index (κ2) is 6.96. The van der Waals surface area contributed by atoms with Crippen LogP contribution in [0.5, 0.6) is 5.75 Å². The molecule has 2 aromatic rings. The molecule has 1 saturated heterocycles. The molecule has 2 aliphatic heterocycles. The number of carbonyl (C=O) groups excluding carboxylic acids is 2. The smallest absolute Gasteiger partial charge is 0.311 e. The van der Waals surface area contributed by atoms with E-state index < -0.39 is 28.8 Å². The summed E-state index contributed by atoms with van der Waals surface area (Å²) in [6, 6.07) is 9.74. The number of carbonyl (C=O) groups is 2. The van der Waals surface area contributed by atoms with Crippen molar-refractivity contribution in [3.05, 3.63) is 62.1 Å². The van der Waals surface area contributed by atoms with Gasteiger partial charge in [-0.2, -0.15) is 0 Å². The van der Waals surface area contributed by atoms with Crippen molar-refractivity contribution in [3.8, 4) is 5.75 Å². The molecule has 0 unspecified atom stereocenters. The van der Waals surface area contributed by atoms with Crippen LogP contribution >= 0.6 is 15.9 Å². The molecule has 9 nitrogen and oxygen atoms in total. The standard InChI is InChI=1S/C19H14BrN3O6/c1-9-7-13(23(26)27)14(28-2)8-12(9)22-18(24)15-16(21-29-17(15)19(22)25)10-3-5-11(20)6-4-10/h3-8,15,17H,1-2H3/t15-,17+/m1/s1. The fourth-order valence-electron chi connectivity index (χ4n) is 3.48. The van der Waals surface area contributed by atoms with Gasteiger partial charge < -0.3 is 9.57 Å². The molecular formula is C19H14BrN3O6. The fourth-order valence-corrected chi connectivity index (χ4v) is 3.75. The first-order chi connectivity index (χ1) is 13.8. The number of rotatable bonds is 4. The number of benzene rings is 2. The highest BCUT2D eigenvalue weighted by molar-refractivity contribution is 9.10. The first-order valence-corrected chi connectivity index (χ1v) is 9.33. The third-order valence-corrected chi connectivity index (χ3v) is 5.42. The van der Waals surface area contributed by atoms with Crippen LogP contribution in [0.4, 0.5) is 11.4 Å². The minimum Gasteiger partial charge on any atom is -0.490 e. The van der Waals surface area contributed by atoms with Gasteiger partial charge >= 0.3 is 5.69 Å². The minimum atomic E-state index is -1.07. The van der Waals surface area contributed by atoms with Gasteiger partial charge in [0.2, 0.25) is 12.0 Å². The first kappa shape index (κ1) is 19.1. The average molecular weight is 460 g/mol. The Morgan fingerprint density at radius 1 is 1.21 bits per heavy atom. The van der Waals surface area contributed by atoms with Gasteiger partial charge in [-0.3, -0.25) is 19.7 Å². The van der Waals surface area contributed by atoms with Gasteiger partial charge in [0, 0.05) is 22.2 Å². The quantitative estimate of drug-likeness (QED) is 0.394. The second-order valence-corrected chi connectivity index (χ2v) is 7.48. The maximum Gasteiger partial charge on any atom is 0.311 e. The molecule has 0 aliphatic carbocycles. The summed E-state index contributed by atoms with van der Waals surface area (Å²) in [5.74, 6) is -2.01. The van der Waals surface area contributed by atoms with Gasteiger partial charge in [0.15, 0.2) is 5.75 Å². The number of ether oxygens (including phenoxy) is 1. The van der Waals surface area contributed by atoms with Crippen molar-refractivity contribution in [2.75, 3.05) is 12.0 Å². The number of hydrogen-bond acceptors (Lipinski definition) is 7. The van der Waals surface area contributed by atoms with Crippen molar-refractivity contribution in [2.24, 2.45) is 11.1 Å². The number of aryl methyl sites for hydroxylation is 1. The summed E-state index contributed by atoms with van der Waals surface area (Å²) >= 11 is 3.35. The lowest BCUT2D eigenvalue weighted by atomic mass is 9.94. The number of nitro benzene ring substituents is 1. The van der Waals surface area contributed by atoms with Gasteiger partial charge in [-0.25, -0.2) is 4.90 Å². The predicted octanol–water partition coefficient (Wildman–Crippen LogP) is 2.97. The highest BCUT2D eigenvalue weighted by Gasteiger charge is 2.56. The van der Waals surface area contributed by atoms with Crippen molar-refractivity contribution in [1.82, 2.24) is 0 Å². The van der Waals surface area contributed by atoms with E-state index >= 15 is 0 Å². The Bertz CT molecular complexity index is 1080. The number of anilines is 1. The lowest BCUT2D eigenvalue weighted by molar-refractivity contribution is -0.385. The maximum absolute atomic E-state index is 13.2. The minimum absolute atomic E-state index is 0.0454. The van der Waals surface area contributed by atoms with E-state index in [2.05, 4.69) is 21.1 Å². The van der Waals surface area contributed by atoms with Crippen molar-refractivity contribution >= 4 is 44.8 Å². The summed E-state index contributed by atoms with van der Waals surface area (Å²) in [4.78, 5) is 43.0. The van der Waals surface area contributed by atoms with Crippen molar-refractivity contribution in [1.29, 1.82) is 0 Å². The molecular weight excluding hydrogens is 446 g/mol. The van der Waals surface area contributed by atoms with E-state index in [1.807, 2.05) is 0 Å². The number of oxime groups is 1. The van der Waals surface area contributed by atoms with E-state index in [1.54, 1.807) is 31.2 Å². The van der Waals surface area contributed by atoms with Crippen LogP contribution in [-0.2, 0) is 14.4 Å². The molecule has 2 atom stereocenters. The zero-order valence-electron chi connectivity index (χ0n) is 15.3. The summed E-state index contributed by atoms with van der Waals surface area (Å²) in [6.45, 7) is 1.58. The molecule has 2 aromatic carbocycles. The molecule has 2 heterocycles. The van der Waals surface area contributed by atoms with Gasteiger partial charge in [-0.15, -0.1) is 0 Å². The molecule has 0 bridgehead atoms. The largest absolute Gasteiger partial charge is 0.490 e. The van der Waals surface area contributed by atoms with E-state index in [4.69, 9.17) is 9.57 Å². The van der Waals surface area contributed by atoms with Gasteiger partial charge in [0.25, 0.3) is 5.91 Å². The van der Waals surface area contributed by atoms with Crippen LogP contribution in [0.2, 0.25) is 0 Å². The summed E-state index contributed by atoms with van der Waals surface area (Å²) < 4.78 is 5.94. The van der Waals surface area contributed by atoms with Crippen LogP contribution in [0, 0.1) is 23.0 Å². The second-order valence-electron chi connectivity index (χ2n) is 6.57. The van der Waals surface area contributed by atoms with Crippen molar-refractivity contribution < 1.29 is 24.1 Å². The Labute approximate surface area is 173 Å². The maximum atomic E-state index is 13.2. The first-order valence-electron chi connectivity index (χ1n) is 8.54. The number of fused-ring (bicyclic) bond motifs is 1. The Morgan fingerprint density at radius 2 is 1.90 bits per heavy atom. The molecule has 2 amide bonds. The molecule has 148 valence electrons. The molecule has 2 aliphatic rings. The highest BCUT2D eigenvalue weighted by Crippen LogP contribution is 2.40. The van der Waals surface area contributed by atoms with Gasteiger partial charge in [0.1, 0.15) is 11.6 Å². The average Bonchev–Trinajstić information content (AvgIpc) is 3.23. The molecule has 0 saturated carbocycles. The summed E-state index contributed by atoms with van der Waals surface area (Å²) in [7, 11) is 1.28. The molecule has 0 spiro atoms. The molecule has 1 fully saturated rings. The highest BCUT2D eigenvalue weighted by atomic mass is 79.9. The Balaban J connectivity index is 1.74. The predicted molar refractivity (Wildman–Crippen MR) is 106 cm³/mol. The van der Waals surface area contributed by atoms with Crippen LogP contribution in [0.15, 0.2) is 46.0 Å². The van der Waals surface area contributed by atoms with Crippen LogP contribution in [0.3, 0.4) is 0 Å². The van der Waals surface area contributed by atoms with Crippen molar-refractivity contribution in [2.45, 2.75) is 13.0 Å². The monoisotopic (exact) mass is 459 g/mol. The van der Waals surface area contributed by atoms with Crippen molar-refractivity contribution in [3.63, 3.8) is 0 Å². The molecule has 0 N–H and O–H groups in total. The van der Waals surface area contributed by atoms with Crippen LogP contribution in [0.25, 0.3) is 0 Å². The summed E-state index contributed by atoms with van der Waals surface area (Å²) in [5, 5.41) is 15.2. The number of nitrogens with zero attached hydrogens (tertiary/aromatic N) is 3. The summed E-state index contributed by atoms with van der Waals surface area (Å²) in [5.41, 5.74) is 1.40. The summed E-state index contributed by atoms with van der Waals surface area (Å²) in [6.07, 6.45) is -1.07. The Hall–Kier alpha value is -3.27. The van der Waals surface area contributed by atoms with Crippen LogP contribution in [0.1, 0.15) is 11.1 Å². The lowest BCUT2D eigenvalue weighted by Gasteiger charge is -2.18. The SMILES string of the molecule is COc1cc(N2C(=O)[C@@H]3C(c4ccc(Br)cc4)=NO[C@@H]3C2=O)c(C)cc1[N+](=O)[O-]. The number of imide groups is 1. The molecule has 29 heavy (non-hydrogen) atoms. The number of halogens is 1. The number of amides is 2. The van der Waals surface area contributed by atoms with Crippen LogP contribution in [-0.4, -0.2) is 35.7 Å². The molecule has 10 heteroatoms. The van der Waals surface area contributed by atoms with Gasteiger partial charge in [-0.05, 0) is 24.6 Å². The normalized spacial score (nSPS) is 20.4. The van der Waals surface area contributed by atoms with Crippen LogP contribution < -0.4 is 9.64 Å². The molecule has 0 aromatic heterocycles. The molecule has 0 radical (unpaired) electrons. The van der Waals surface area contributed by atoms with E-state index in [0.717, 1.165) is 9.37 Å². The number of hydrogen-bond donors (Lipinski definition) is 0. The third kappa shape index (κ3) is 2.96. The Kier molecular flexibility index (Phi) is 4.58. The van der Waals surface area contributed by atoms with E-state index in [9.17, 15) is 19.7 Å². The lowest BCUT2D eigenvalue weighted by Crippen LogP contribution is -2.33. The van der Waals surface area contributed by atoms with E-state index in [0.29, 0.717) is 16.8 Å². The topological polar surface area (TPSA) is 111 Å². The third-order valence-electron chi connectivity index (χ3n) is 4.89. The number of methoxy groups -OCH3 is 1. The molecule has 4 rings (SSSR count). The fraction of sp³-hybridized carbons (Fsp3) is 0.211. The zero-order chi connectivity index (χ0) is 20.9. The van der Waals surface area contributed by atoms with E-state index in [1.165, 1.54) is 19.2 Å². The number of nitro groups is 1. The van der Waals surface area contributed by atoms with E-state index in [-0.39, 0.29) is 17.1 Å². The van der Waals surface area contributed by atoms with Gasteiger partial charge in [0.05, 0.1) is 17.7 Å². The Morgan fingerprint density at radius 3 is 2.52 bits per heavy atom. The van der Waals surface area contributed by atoms with Gasteiger partial charge in [-0.1, -0.05) is 33.2 Å².